The monoisotopic (exact) mass is 577 g/mol. The molecule has 8 heteroatoms. The van der Waals surface area contributed by atoms with Crippen molar-refractivity contribution in [2.45, 2.75) is 46.3 Å². The van der Waals surface area contributed by atoms with Crippen molar-refractivity contribution in [3.8, 4) is 0 Å². The molecule has 0 saturated carbocycles. The lowest BCUT2D eigenvalue weighted by molar-refractivity contribution is -0.121. The van der Waals surface area contributed by atoms with Gasteiger partial charge in [0.05, 0.1) is 0 Å². The largest absolute Gasteiger partial charge is 0.343 e. The summed E-state index contributed by atoms with van der Waals surface area (Å²) in [7, 11) is 0. The number of nitrogen functional groups attached to an aromatic ring is 1. The van der Waals surface area contributed by atoms with E-state index < -0.39 is 0 Å². The number of benzene rings is 2. The zero-order valence-corrected chi connectivity index (χ0v) is 24.0. The van der Waals surface area contributed by atoms with Crippen LogP contribution in [0, 0.1) is 0 Å². The topological polar surface area (TPSA) is 103 Å². The number of piperidine rings is 1. The molecule has 2 aliphatic heterocycles. The maximum absolute atomic E-state index is 11.0. The molecule has 7 rings (SSSR count). The summed E-state index contributed by atoms with van der Waals surface area (Å²) in [6.07, 6.45) is 6.07. The van der Waals surface area contributed by atoms with Crippen molar-refractivity contribution in [3.63, 3.8) is 0 Å². The van der Waals surface area contributed by atoms with Crippen LogP contribution in [0.4, 0.5) is 5.82 Å². The Kier molecular flexibility index (Phi) is 12.0. The Bertz CT molecular complexity index is 1510. The van der Waals surface area contributed by atoms with E-state index in [0.29, 0.717) is 11.6 Å². The van der Waals surface area contributed by atoms with Gasteiger partial charge in [-0.3, -0.25) is 14.6 Å². The lowest BCUT2D eigenvalue weighted by Gasteiger charge is -2.27. The average molecular weight is 578 g/mol. The van der Waals surface area contributed by atoms with E-state index in [0.717, 1.165) is 64.2 Å². The molecule has 0 radical (unpaired) electrons. The highest BCUT2D eigenvalue weighted by Crippen LogP contribution is 2.27. The number of ketones is 1. The molecule has 0 atom stereocenters. The minimum absolute atomic E-state index is 0. The van der Waals surface area contributed by atoms with Gasteiger partial charge >= 0.3 is 0 Å². The Morgan fingerprint density at radius 1 is 0.721 bits per heavy atom. The van der Waals surface area contributed by atoms with Crippen LogP contribution in [-0.2, 0) is 30.8 Å². The quantitative estimate of drug-likeness (QED) is 0.175. The summed E-state index contributed by atoms with van der Waals surface area (Å²) in [5.41, 5.74) is 8.95. The lowest BCUT2D eigenvalue weighted by atomic mass is 10.0. The number of nitrogens with zero attached hydrogens (tertiary/aromatic N) is 4. The minimum Gasteiger partial charge on any atom is -0.343 e. The predicted octanol–water partition coefficient (Wildman–Crippen LogP) is 5.98. The fraction of sp³-hybridized carbons (Fsp3) is 0.286. The molecule has 1 fully saturated rings. The van der Waals surface area contributed by atoms with Gasteiger partial charge in [0.1, 0.15) is 17.2 Å². The number of anilines is 1. The van der Waals surface area contributed by atoms with Gasteiger partial charge in [-0.25, -0.2) is 15.8 Å². The molecule has 0 bridgehead atoms. The van der Waals surface area contributed by atoms with E-state index >= 15 is 0 Å². The van der Waals surface area contributed by atoms with Crippen LogP contribution in [0.2, 0.25) is 0 Å². The summed E-state index contributed by atoms with van der Waals surface area (Å²) in [5, 5.41) is 1.28. The average Bonchev–Trinajstić information content (AvgIpc) is 3.42. The molecule has 3 aromatic heterocycles. The standard InChI is InChI=1S/C17H17N3.C12H15NO.C5H7N3.CH4/c1-2-5-13(6-3-1)11-20-10-8-16-15(12-20)14-7-4-9-18-17(14)19-16;14-12-6-8-13(9-7-12)10-11-4-2-1-3-5-11;6-8-5-3-1-2-4-7-5;/h1-7,9H,8,10-12H2,(H,18,19);1-5H,6-10H2;1-4H,6H2,(H,7,8);1H4. The minimum atomic E-state index is 0. The Balaban J connectivity index is 0.000000161. The molecule has 224 valence electrons. The number of hydrazine groups is 1. The molecule has 2 aromatic carbocycles. The van der Waals surface area contributed by atoms with Crippen LogP contribution >= 0.6 is 0 Å². The number of Topliss-reactive ketones (excluding diaryl/α,β-unsaturated/α-hetero) is 1. The van der Waals surface area contributed by atoms with Crippen LogP contribution < -0.4 is 11.3 Å². The number of hydrogen-bond donors (Lipinski definition) is 3. The Hall–Kier alpha value is -4.37. The lowest BCUT2D eigenvalue weighted by Crippen LogP contribution is -2.33. The van der Waals surface area contributed by atoms with Gasteiger partial charge in [0.15, 0.2) is 0 Å². The first-order valence-electron chi connectivity index (χ1n) is 14.5. The van der Waals surface area contributed by atoms with E-state index in [1.165, 1.54) is 27.8 Å². The molecule has 5 aromatic rings. The summed E-state index contributed by atoms with van der Waals surface area (Å²) >= 11 is 0. The number of nitrogens with two attached hydrogens (primary N) is 1. The summed E-state index contributed by atoms with van der Waals surface area (Å²) in [4.78, 5) is 27.6. The Morgan fingerprint density at radius 2 is 1.33 bits per heavy atom. The summed E-state index contributed by atoms with van der Waals surface area (Å²) in [6.45, 7) is 5.97. The fourth-order valence-electron chi connectivity index (χ4n) is 5.32. The number of carbonyl (C=O) groups excluding carboxylic acids is 1. The van der Waals surface area contributed by atoms with Gasteiger partial charge in [-0.15, -0.1) is 0 Å². The van der Waals surface area contributed by atoms with Crippen LogP contribution in [0.15, 0.2) is 103 Å². The van der Waals surface area contributed by atoms with Gasteiger partial charge in [-0.1, -0.05) is 74.2 Å². The SMILES string of the molecule is C.NNc1ccccn1.O=C1CCN(Cc2ccccc2)CC1.c1ccc(CN2CCc3[nH]c4ncccc4c3C2)cc1. The third kappa shape index (κ3) is 9.31. The van der Waals surface area contributed by atoms with Crippen molar-refractivity contribution in [1.29, 1.82) is 0 Å². The summed E-state index contributed by atoms with van der Waals surface area (Å²) in [6, 6.07) is 30.8. The van der Waals surface area contributed by atoms with E-state index in [4.69, 9.17) is 5.84 Å². The van der Waals surface area contributed by atoms with Gasteiger partial charge in [-0.05, 0) is 41.0 Å². The van der Waals surface area contributed by atoms with Crippen molar-refractivity contribution in [3.05, 3.63) is 126 Å². The Morgan fingerprint density at radius 3 is 1.93 bits per heavy atom. The zero-order chi connectivity index (χ0) is 29.0. The second-order valence-electron chi connectivity index (χ2n) is 10.6. The zero-order valence-electron chi connectivity index (χ0n) is 24.0. The molecule has 43 heavy (non-hydrogen) atoms. The molecule has 0 amide bonds. The molecule has 4 N–H and O–H groups in total. The third-order valence-electron chi connectivity index (χ3n) is 7.55. The molecular weight excluding hydrogens is 534 g/mol. The predicted molar refractivity (Wildman–Crippen MR) is 175 cm³/mol. The molecular formula is C35H43N7O. The van der Waals surface area contributed by atoms with E-state index in [9.17, 15) is 4.79 Å². The number of rotatable bonds is 5. The van der Waals surface area contributed by atoms with Crippen molar-refractivity contribution in [2.24, 2.45) is 5.84 Å². The highest BCUT2D eigenvalue weighted by molar-refractivity contribution is 5.81. The molecule has 2 aliphatic rings. The van der Waals surface area contributed by atoms with E-state index in [1.807, 2.05) is 30.5 Å². The first kappa shape index (κ1) is 31.6. The van der Waals surface area contributed by atoms with E-state index in [2.05, 4.69) is 90.8 Å². The first-order chi connectivity index (χ1) is 20.7. The van der Waals surface area contributed by atoms with Crippen molar-refractivity contribution < 1.29 is 4.79 Å². The normalized spacial score (nSPS) is 14.8. The van der Waals surface area contributed by atoms with Crippen molar-refractivity contribution in [2.75, 3.05) is 25.1 Å². The summed E-state index contributed by atoms with van der Waals surface area (Å²) in [5.74, 6) is 6.14. The van der Waals surface area contributed by atoms with Gasteiger partial charge < -0.3 is 10.4 Å². The smallest absolute Gasteiger partial charge is 0.139 e. The Labute approximate surface area is 254 Å². The van der Waals surface area contributed by atoms with Crippen LogP contribution in [0.3, 0.4) is 0 Å². The van der Waals surface area contributed by atoms with Gasteiger partial charge in [0, 0.05) is 82.0 Å². The number of aromatic amines is 1. The van der Waals surface area contributed by atoms with Crippen LogP contribution in [0.1, 0.15) is 42.7 Å². The van der Waals surface area contributed by atoms with Gasteiger partial charge in [-0.2, -0.15) is 0 Å². The fourth-order valence-corrected chi connectivity index (χ4v) is 5.32. The number of pyridine rings is 2. The van der Waals surface area contributed by atoms with Crippen LogP contribution in [0.5, 0.6) is 0 Å². The second-order valence-corrected chi connectivity index (χ2v) is 10.6. The number of H-pyrrole nitrogens is 1. The molecule has 1 saturated heterocycles. The second kappa shape index (κ2) is 16.3. The molecule has 5 heterocycles. The molecule has 0 spiro atoms. The van der Waals surface area contributed by atoms with E-state index in [1.54, 1.807) is 12.3 Å². The molecule has 8 nitrogen and oxygen atoms in total. The van der Waals surface area contributed by atoms with E-state index in [-0.39, 0.29) is 7.43 Å². The summed E-state index contributed by atoms with van der Waals surface area (Å²) < 4.78 is 0. The number of aromatic nitrogens is 3. The number of hydrogen-bond acceptors (Lipinski definition) is 7. The molecule has 0 unspecified atom stereocenters. The van der Waals surface area contributed by atoms with Crippen molar-refractivity contribution >= 4 is 22.6 Å². The maximum Gasteiger partial charge on any atom is 0.139 e. The number of carbonyl (C=O) groups is 1. The van der Waals surface area contributed by atoms with Crippen molar-refractivity contribution in [1.82, 2.24) is 24.8 Å². The maximum atomic E-state index is 11.0. The highest BCUT2D eigenvalue weighted by atomic mass is 16.1. The van der Waals surface area contributed by atoms with Gasteiger partial charge in [0.2, 0.25) is 0 Å². The number of likely N-dealkylation sites (tertiary alicyclic amines) is 1. The molecule has 0 aliphatic carbocycles. The van der Waals surface area contributed by atoms with Crippen LogP contribution in [-0.4, -0.2) is 50.2 Å². The third-order valence-corrected chi connectivity index (χ3v) is 7.55. The first-order valence-corrected chi connectivity index (χ1v) is 14.5. The van der Waals surface area contributed by atoms with Crippen LogP contribution in [0.25, 0.3) is 11.0 Å². The number of nitrogens with one attached hydrogen (secondary N) is 2. The number of fused-ring (bicyclic) bond motifs is 3. The van der Waals surface area contributed by atoms with Gasteiger partial charge in [0.25, 0.3) is 0 Å². The highest BCUT2D eigenvalue weighted by Gasteiger charge is 2.21.